The predicted octanol–water partition coefficient (Wildman–Crippen LogP) is 1.79. The van der Waals surface area contributed by atoms with Gasteiger partial charge in [0.2, 0.25) is 5.95 Å². The van der Waals surface area contributed by atoms with Crippen molar-refractivity contribution in [1.29, 1.82) is 0 Å². The molecule has 0 aliphatic carbocycles. The zero-order valence-electron chi connectivity index (χ0n) is 10.6. The highest BCUT2D eigenvalue weighted by Gasteiger charge is 2.09. The van der Waals surface area contributed by atoms with Crippen LogP contribution in [-0.4, -0.2) is 30.4 Å². The Hall–Kier alpha value is -2.01. The smallest absolute Gasteiger partial charge is 0.200 e. The lowest BCUT2D eigenvalue weighted by atomic mass is 10.1. The van der Waals surface area contributed by atoms with Crippen LogP contribution in [0.15, 0.2) is 30.5 Å². The topological polar surface area (TPSA) is 62.3 Å². The molecule has 0 spiro atoms. The van der Waals surface area contributed by atoms with Crippen molar-refractivity contribution in [2.45, 2.75) is 6.54 Å². The van der Waals surface area contributed by atoms with Gasteiger partial charge in [-0.1, -0.05) is 12.1 Å². The van der Waals surface area contributed by atoms with E-state index in [4.69, 9.17) is 15.2 Å². The van der Waals surface area contributed by atoms with E-state index in [2.05, 4.69) is 4.98 Å². The Labute approximate surface area is 106 Å². The SMILES string of the molecule is COCCn1c(-c2cccc(OC)c2)cnc1N. The highest BCUT2D eigenvalue weighted by Crippen LogP contribution is 2.25. The van der Waals surface area contributed by atoms with E-state index in [1.165, 1.54) is 0 Å². The maximum Gasteiger partial charge on any atom is 0.200 e. The molecule has 2 rings (SSSR count). The van der Waals surface area contributed by atoms with Crippen molar-refractivity contribution in [3.63, 3.8) is 0 Å². The van der Waals surface area contributed by atoms with Gasteiger partial charge in [0.1, 0.15) is 5.75 Å². The van der Waals surface area contributed by atoms with E-state index in [1.54, 1.807) is 20.4 Å². The van der Waals surface area contributed by atoms with E-state index in [0.29, 0.717) is 19.1 Å². The van der Waals surface area contributed by atoms with E-state index in [1.807, 2.05) is 28.8 Å². The molecule has 18 heavy (non-hydrogen) atoms. The number of anilines is 1. The molecule has 0 fully saturated rings. The number of rotatable bonds is 5. The van der Waals surface area contributed by atoms with E-state index in [-0.39, 0.29) is 0 Å². The van der Waals surface area contributed by atoms with Gasteiger partial charge < -0.3 is 19.8 Å². The fraction of sp³-hybridized carbons (Fsp3) is 0.308. The molecule has 0 saturated heterocycles. The molecule has 0 atom stereocenters. The van der Waals surface area contributed by atoms with E-state index in [0.717, 1.165) is 17.0 Å². The van der Waals surface area contributed by atoms with Gasteiger partial charge in [0, 0.05) is 19.2 Å². The van der Waals surface area contributed by atoms with Crippen LogP contribution < -0.4 is 10.5 Å². The summed E-state index contributed by atoms with van der Waals surface area (Å²) in [5.41, 5.74) is 7.84. The standard InChI is InChI=1S/C13H17N3O2/c1-17-7-6-16-12(9-15-13(16)14)10-4-3-5-11(8-10)18-2/h3-5,8-9H,6-7H2,1-2H3,(H2,14,15). The Morgan fingerprint density at radius 1 is 1.33 bits per heavy atom. The Morgan fingerprint density at radius 2 is 2.17 bits per heavy atom. The van der Waals surface area contributed by atoms with Crippen molar-refractivity contribution in [3.8, 4) is 17.0 Å². The first-order valence-electron chi connectivity index (χ1n) is 5.70. The summed E-state index contributed by atoms with van der Waals surface area (Å²) in [6, 6.07) is 7.81. The Bertz CT molecular complexity index is 523. The van der Waals surface area contributed by atoms with Crippen LogP contribution in [0.1, 0.15) is 0 Å². The van der Waals surface area contributed by atoms with Gasteiger partial charge in [0.05, 0.1) is 25.6 Å². The summed E-state index contributed by atoms with van der Waals surface area (Å²) < 4.78 is 12.2. The second-order valence-electron chi connectivity index (χ2n) is 3.88. The summed E-state index contributed by atoms with van der Waals surface area (Å²) in [7, 11) is 3.31. The van der Waals surface area contributed by atoms with Crippen LogP contribution in [0.25, 0.3) is 11.3 Å². The fourth-order valence-electron chi connectivity index (χ4n) is 1.82. The highest BCUT2D eigenvalue weighted by molar-refractivity contribution is 5.63. The predicted molar refractivity (Wildman–Crippen MR) is 70.5 cm³/mol. The molecule has 5 heteroatoms. The third-order valence-electron chi connectivity index (χ3n) is 2.77. The molecule has 2 N–H and O–H groups in total. The van der Waals surface area contributed by atoms with Gasteiger partial charge in [-0.25, -0.2) is 4.98 Å². The van der Waals surface area contributed by atoms with E-state index in [9.17, 15) is 0 Å². The highest BCUT2D eigenvalue weighted by atomic mass is 16.5. The van der Waals surface area contributed by atoms with Gasteiger partial charge >= 0.3 is 0 Å². The van der Waals surface area contributed by atoms with Crippen molar-refractivity contribution < 1.29 is 9.47 Å². The third-order valence-corrected chi connectivity index (χ3v) is 2.77. The minimum Gasteiger partial charge on any atom is -0.497 e. The quantitative estimate of drug-likeness (QED) is 0.875. The van der Waals surface area contributed by atoms with Crippen LogP contribution in [0.3, 0.4) is 0 Å². The summed E-state index contributed by atoms with van der Waals surface area (Å²) >= 11 is 0. The average Bonchev–Trinajstić information content (AvgIpc) is 2.77. The van der Waals surface area contributed by atoms with Crippen LogP contribution in [0.5, 0.6) is 5.75 Å². The minimum atomic E-state index is 0.491. The first-order valence-corrected chi connectivity index (χ1v) is 5.70. The Balaban J connectivity index is 2.37. The molecule has 0 bridgehead atoms. The van der Waals surface area contributed by atoms with Gasteiger partial charge in [0.15, 0.2) is 0 Å². The number of aromatic nitrogens is 2. The number of hydrogen-bond donors (Lipinski definition) is 1. The summed E-state index contributed by atoms with van der Waals surface area (Å²) in [6.45, 7) is 1.27. The number of ether oxygens (including phenoxy) is 2. The van der Waals surface area contributed by atoms with Gasteiger partial charge in [-0.2, -0.15) is 0 Å². The summed E-state index contributed by atoms with van der Waals surface area (Å²) in [4.78, 5) is 4.15. The largest absolute Gasteiger partial charge is 0.497 e. The molecular formula is C13H17N3O2. The molecule has 0 aliphatic rings. The molecule has 0 amide bonds. The van der Waals surface area contributed by atoms with Crippen LogP contribution in [0.4, 0.5) is 5.95 Å². The molecule has 96 valence electrons. The molecule has 1 aromatic carbocycles. The van der Waals surface area contributed by atoms with E-state index >= 15 is 0 Å². The van der Waals surface area contributed by atoms with Crippen molar-refractivity contribution in [2.75, 3.05) is 26.6 Å². The maximum atomic E-state index is 5.86. The first kappa shape index (κ1) is 12.4. The lowest BCUT2D eigenvalue weighted by Gasteiger charge is -2.10. The van der Waals surface area contributed by atoms with Crippen molar-refractivity contribution >= 4 is 5.95 Å². The monoisotopic (exact) mass is 247 g/mol. The zero-order valence-corrected chi connectivity index (χ0v) is 10.6. The average molecular weight is 247 g/mol. The molecule has 0 unspecified atom stereocenters. The molecule has 0 radical (unpaired) electrons. The maximum absolute atomic E-state index is 5.86. The molecule has 0 aliphatic heterocycles. The van der Waals surface area contributed by atoms with Crippen LogP contribution in [-0.2, 0) is 11.3 Å². The van der Waals surface area contributed by atoms with Gasteiger partial charge in [-0.05, 0) is 12.1 Å². The number of imidazole rings is 1. The Morgan fingerprint density at radius 3 is 2.89 bits per heavy atom. The third kappa shape index (κ3) is 2.46. The number of nitrogen functional groups attached to an aromatic ring is 1. The van der Waals surface area contributed by atoms with Gasteiger partial charge in [0.25, 0.3) is 0 Å². The van der Waals surface area contributed by atoms with Crippen LogP contribution in [0, 0.1) is 0 Å². The van der Waals surface area contributed by atoms with Crippen molar-refractivity contribution in [3.05, 3.63) is 30.5 Å². The molecule has 1 aromatic heterocycles. The van der Waals surface area contributed by atoms with Crippen molar-refractivity contribution in [1.82, 2.24) is 9.55 Å². The fourth-order valence-corrected chi connectivity index (χ4v) is 1.82. The molecule has 0 saturated carbocycles. The van der Waals surface area contributed by atoms with Gasteiger partial charge in [-0.3, -0.25) is 0 Å². The zero-order chi connectivity index (χ0) is 13.0. The van der Waals surface area contributed by atoms with Gasteiger partial charge in [-0.15, -0.1) is 0 Å². The lowest BCUT2D eigenvalue weighted by Crippen LogP contribution is -2.09. The summed E-state index contributed by atoms with van der Waals surface area (Å²) in [5, 5.41) is 0. The molecular weight excluding hydrogens is 230 g/mol. The molecule has 2 aromatic rings. The second-order valence-corrected chi connectivity index (χ2v) is 3.88. The van der Waals surface area contributed by atoms with Crippen LogP contribution >= 0.6 is 0 Å². The summed E-state index contributed by atoms with van der Waals surface area (Å²) in [6.07, 6.45) is 1.76. The lowest BCUT2D eigenvalue weighted by molar-refractivity contribution is 0.188. The van der Waals surface area contributed by atoms with Crippen LogP contribution in [0.2, 0.25) is 0 Å². The normalized spacial score (nSPS) is 10.6. The number of hydrogen-bond acceptors (Lipinski definition) is 4. The Kier molecular flexibility index (Phi) is 3.84. The minimum absolute atomic E-state index is 0.491. The van der Waals surface area contributed by atoms with Crippen molar-refractivity contribution in [2.24, 2.45) is 0 Å². The molecule has 5 nitrogen and oxygen atoms in total. The summed E-state index contributed by atoms with van der Waals surface area (Å²) in [5.74, 6) is 1.30. The number of nitrogens with zero attached hydrogens (tertiary/aromatic N) is 2. The number of methoxy groups -OCH3 is 2. The second kappa shape index (κ2) is 5.55. The number of benzene rings is 1. The first-order chi connectivity index (χ1) is 8.76. The number of nitrogens with two attached hydrogens (primary N) is 1. The van der Waals surface area contributed by atoms with E-state index < -0.39 is 0 Å². The molecule has 1 heterocycles.